The van der Waals surface area contributed by atoms with Crippen LogP contribution in [0.4, 0.5) is 5.69 Å². The highest BCUT2D eigenvalue weighted by Crippen LogP contribution is 2.26. The Kier molecular flexibility index (Phi) is 5.84. The number of tetrazole rings is 1. The van der Waals surface area contributed by atoms with Crippen molar-refractivity contribution in [2.75, 3.05) is 18.4 Å². The van der Waals surface area contributed by atoms with Crippen molar-refractivity contribution in [2.45, 2.75) is 31.6 Å². The fraction of sp³-hybridized carbons (Fsp3) is 0.333. The average molecular weight is 441 g/mol. The lowest BCUT2D eigenvalue weighted by molar-refractivity contribution is -0.120. The molecule has 0 aliphatic carbocycles. The molecule has 0 bridgehead atoms. The van der Waals surface area contributed by atoms with Gasteiger partial charge < -0.3 is 5.32 Å². The molecule has 4 rings (SSSR count). The number of rotatable bonds is 5. The zero-order chi connectivity index (χ0) is 22.0. The van der Waals surface area contributed by atoms with Crippen molar-refractivity contribution < 1.29 is 13.2 Å². The van der Waals surface area contributed by atoms with E-state index in [2.05, 4.69) is 20.8 Å². The van der Waals surface area contributed by atoms with Gasteiger partial charge in [-0.15, -0.1) is 5.10 Å². The van der Waals surface area contributed by atoms with E-state index < -0.39 is 15.9 Å². The SMILES string of the molecule is Cc1ccc(NC(=O)[C@@H]2CCCN(S(=O)(=O)c3ccc(-n4cnnn4)cc3)C2)cc1C. The lowest BCUT2D eigenvalue weighted by Gasteiger charge is -2.31. The van der Waals surface area contributed by atoms with Crippen LogP contribution < -0.4 is 5.32 Å². The predicted octanol–water partition coefficient (Wildman–Crippen LogP) is 2.32. The van der Waals surface area contributed by atoms with Crippen LogP contribution in [0, 0.1) is 19.8 Å². The van der Waals surface area contributed by atoms with Gasteiger partial charge in [0.2, 0.25) is 15.9 Å². The highest BCUT2D eigenvalue weighted by Gasteiger charge is 2.33. The molecule has 1 aliphatic heterocycles. The van der Waals surface area contributed by atoms with Crippen molar-refractivity contribution in [3.8, 4) is 5.69 Å². The van der Waals surface area contributed by atoms with E-state index in [9.17, 15) is 13.2 Å². The third-order valence-electron chi connectivity index (χ3n) is 5.62. The van der Waals surface area contributed by atoms with E-state index in [1.807, 2.05) is 32.0 Å². The Hall–Kier alpha value is -3.11. The smallest absolute Gasteiger partial charge is 0.243 e. The second-order valence-corrected chi connectivity index (χ2v) is 9.68. The van der Waals surface area contributed by atoms with E-state index in [1.165, 1.54) is 27.4 Å². The molecule has 1 aromatic heterocycles. The van der Waals surface area contributed by atoms with Gasteiger partial charge in [0, 0.05) is 18.8 Å². The molecule has 3 aromatic rings. The van der Waals surface area contributed by atoms with E-state index in [1.54, 1.807) is 12.1 Å². The number of nitrogens with one attached hydrogen (secondary N) is 1. The molecule has 9 nitrogen and oxygen atoms in total. The first kappa shape index (κ1) is 21.1. The number of aryl methyl sites for hydroxylation is 2. The quantitative estimate of drug-likeness (QED) is 0.652. The number of sulfonamides is 1. The fourth-order valence-electron chi connectivity index (χ4n) is 3.64. The number of anilines is 1. The second-order valence-electron chi connectivity index (χ2n) is 7.74. The molecule has 2 aromatic carbocycles. The lowest BCUT2D eigenvalue weighted by Crippen LogP contribution is -2.43. The molecule has 1 saturated heterocycles. The van der Waals surface area contributed by atoms with Gasteiger partial charge in [-0.1, -0.05) is 6.07 Å². The van der Waals surface area contributed by atoms with E-state index in [0.717, 1.165) is 16.8 Å². The minimum absolute atomic E-state index is 0.155. The number of carbonyl (C=O) groups excluding carboxylic acids is 1. The summed E-state index contributed by atoms with van der Waals surface area (Å²) in [5.74, 6) is -0.553. The maximum atomic E-state index is 13.1. The van der Waals surface area contributed by atoms with Crippen LogP contribution in [0.5, 0.6) is 0 Å². The van der Waals surface area contributed by atoms with Crippen LogP contribution in [0.1, 0.15) is 24.0 Å². The first-order chi connectivity index (χ1) is 14.8. The molecule has 2 heterocycles. The number of amides is 1. The van der Waals surface area contributed by atoms with E-state index in [4.69, 9.17) is 0 Å². The van der Waals surface area contributed by atoms with Crippen molar-refractivity contribution in [3.63, 3.8) is 0 Å². The first-order valence-electron chi connectivity index (χ1n) is 10.1. The van der Waals surface area contributed by atoms with E-state index >= 15 is 0 Å². The van der Waals surface area contributed by atoms with Crippen LogP contribution in [-0.2, 0) is 14.8 Å². The summed E-state index contributed by atoms with van der Waals surface area (Å²) in [5, 5.41) is 13.9. The summed E-state index contributed by atoms with van der Waals surface area (Å²) in [6.45, 7) is 4.56. The molecule has 1 fully saturated rings. The number of piperidine rings is 1. The Morgan fingerprint density at radius 1 is 1.10 bits per heavy atom. The lowest BCUT2D eigenvalue weighted by atomic mass is 9.98. The van der Waals surface area contributed by atoms with Crippen LogP contribution in [0.2, 0.25) is 0 Å². The molecule has 10 heteroatoms. The molecule has 1 atom stereocenters. The van der Waals surface area contributed by atoms with Gasteiger partial charge in [-0.3, -0.25) is 4.79 Å². The Morgan fingerprint density at radius 2 is 1.87 bits per heavy atom. The van der Waals surface area contributed by atoms with Crippen molar-refractivity contribution in [1.82, 2.24) is 24.5 Å². The van der Waals surface area contributed by atoms with Gasteiger partial charge in [-0.05, 0) is 84.6 Å². The van der Waals surface area contributed by atoms with Gasteiger partial charge >= 0.3 is 0 Å². The van der Waals surface area contributed by atoms with Crippen LogP contribution in [0.15, 0.2) is 53.7 Å². The Labute approximate surface area is 181 Å². The number of hydrogen-bond acceptors (Lipinski definition) is 6. The molecule has 31 heavy (non-hydrogen) atoms. The largest absolute Gasteiger partial charge is 0.326 e. The molecular weight excluding hydrogens is 416 g/mol. The Morgan fingerprint density at radius 3 is 2.55 bits per heavy atom. The van der Waals surface area contributed by atoms with Gasteiger partial charge in [0.15, 0.2) is 0 Å². The summed E-state index contributed by atoms with van der Waals surface area (Å²) in [4.78, 5) is 13.0. The van der Waals surface area contributed by atoms with Crippen molar-refractivity contribution in [3.05, 3.63) is 59.9 Å². The summed E-state index contributed by atoms with van der Waals surface area (Å²) in [7, 11) is -3.71. The predicted molar refractivity (Wildman–Crippen MR) is 115 cm³/mol. The number of benzene rings is 2. The monoisotopic (exact) mass is 440 g/mol. The third-order valence-corrected chi connectivity index (χ3v) is 7.50. The number of aromatic nitrogens is 4. The van der Waals surface area contributed by atoms with Gasteiger partial charge in [-0.2, -0.15) is 4.31 Å². The van der Waals surface area contributed by atoms with Gasteiger partial charge in [-0.25, -0.2) is 13.1 Å². The summed E-state index contributed by atoms with van der Waals surface area (Å²) >= 11 is 0. The highest BCUT2D eigenvalue weighted by molar-refractivity contribution is 7.89. The van der Waals surface area contributed by atoms with Gasteiger partial charge in [0.05, 0.1) is 16.5 Å². The van der Waals surface area contributed by atoms with Crippen molar-refractivity contribution in [2.24, 2.45) is 5.92 Å². The maximum Gasteiger partial charge on any atom is 0.243 e. The zero-order valence-corrected chi connectivity index (χ0v) is 18.2. The normalized spacial score (nSPS) is 17.4. The molecule has 0 unspecified atom stereocenters. The fourth-order valence-corrected chi connectivity index (χ4v) is 5.16. The van der Waals surface area contributed by atoms with Crippen LogP contribution in [0.3, 0.4) is 0 Å². The minimum atomic E-state index is -3.71. The maximum absolute atomic E-state index is 13.1. The Balaban J connectivity index is 1.46. The first-order valence-corrected chi connectivity index (χ1v) is 11.5. The second kappa shape index (κ2) is 8.56. The minimum Gasteiger partial charge on any atom is -0.326 e. The van der Waals surface area contributed by atoms with E-state index in [-0.39, 0.29) is 17.3 Å². The molecule has 0 radical (unpaired) electrons. The topological polar surface area (TPSA) is 110 Å². The number of hydrogen-bond donors (Lipinski definition) is 1. The summed E-state index contributed by atoms with van der Waals surface area (Å²) in [6.07, 6.45) is 2.72. The number of carbonyl (C=O) groups is 1. The molecule has 0 saturated carbocycles. The molecule has 0 spiro atoms. The average Bonchev–Trinajstić information content (AvgIpc) is 3.31. The highest BCUT2D eigenvalue weighted by atomic mass is 32.2. The van der Waals surface area contributed by atoms with Crippen LogP contribution in [0.25, 0.3) is 5.69 Å². The van der Waals surface area contributed by atoms with Crippen molar-refractivity contribution >= 4 is 21.6 Å². The van der Waals surface area contributed by atoms with Crippen LogP contribution in [-0.4, -0.2) is 51.9 Å². The molecular formula is C21H24N6O3S. The summed E-state index contributed by atoms with van der Waals surface area (Å²) in [6, 6.07) is 12.1. The third kappa shape index (κ3) is 4.49. The molecule has 1 aliphatic rings. The number of nitrogens with zero attached hydrogens (tertiary/aromatic N) is 5. The molecule has 162 valence electrons. The molecule has 1 amide bonds. The molecule has 1 N–H and O–H groups in total. The van der Waals surface area contributed by atoms with Gasteiger partial charge in [0.25, 0.3) is 0 Å². The van der Waals surface area contributed by atoms with Crippen LogP contribution >= 0.6 is 0 Å². The van der Waals surface area contributed by atoms with E-state index in [0.29, 0.717) is 25.1 Å². The van der Waals surface area contributed by atoms with Crippen molar-refractivity contribution in [1.29, 1.82) is 0 Å². The van der Waals surface area contributed by atoms with Gasteiger partial charge in [0.1, 0.15) is 6.33 Å². The summed E-state index contributed by atoms with van der Waals surface area (Å²) in [5.41, 5.74) is 3.63. The zero-order valence-electron chi connectivity index (χ0n) is 17.4. The summed E-state index contributed by atoms with van der Waals surface area (Å²) < 4.78 is 29.1. The Bertz CT molecular complexity index is 1180. The standard InChI is InChI=1S/C21H24N6O3S/c1-15-5-6-18(12-16(15)2)23-21(28)17-4-3-11-26(13-17)31(29,30)20-9-7-19(8-10-20)27-14-22-24-25-27/h5-10,12,14,17H,3-4,11,13H2,1-2H3,(H,23,28)/t17-/m1/s1.